The maximum atomic E-state index is 12.3. The van der Waals surface area contributed by atoms with Crippen molar-refractivity contribution in [3.05, 3.63) is 118 Å². The zero-order chi connectivity index (χ0) is 21.1. The molecule has 1 aliphatic heterocycles. The molecule has 0 N–H and O–H groups in total. The highest BCUT2D eigenvalue weighted by molar-refractivity contribution is 6.30. The zero-order valence-electron chi connectivity index (χ0n) is 16.6. The average molecular weight is 413 g/mol. The van der Waals surface area contributed by atoms with E-state index in [9.17, 15) is 4.79 Å². The summed E-state index contributed by atoms with van der Waals surface area (Å²) in [6.07, 6.45) is 8.63. The molecule has 0 bridgehead atoms. The third-order valence-corrected chi connectivity index (χ3v) is 5.34. The first-order valence-electron chi connectivity index (χ1n) is 9.68. The van der Waals surface area contributed by atoms with Crippen LogP contribution < -0.4 is 4.90 Å². The lowest BCUT2D eigenvalue weighted by Crippen LogP contribution is -2.33. The number of aromatic nitrogens is 1. The van der Waals surface area contributed by atoms with Crippen LogP contribution in [0.25, 0.3) is 12.2 Å². The highest BCUT2D eigenvalue weighted by Crippen LogP contribution is 2.39. The highest BCUT2D eigenvalue weighted by atomic mass is 35.5. The molecule has 1 aliphatic rings. The summed E-state index contributed by atoms with van der Waals surface area (Å²) in [7, 11) is 0. The van der Waals surface area contributed by atoms with E-state index in [1.54, 1.807) is 12.3 Å². The van der Waals surface area contributed by atoms with Crippen LogP contribution in [-0.4, -0.2) is 11.3 Å². The van der Waals surface area contributed by atoms with Crippen LogP contribution in [0.15, 0.2) is 90.8 Å². The normalized spacial score (nSPS) is 15.9. The van der Waals surface area contributed by atoms with Crippen molar-refractivity contribution >= 4 is 35.9 Å². The number of benzene rings is 2. The Morgan fingerprint density at radius 3 is 2.70 bits per heavy atom. The van der Waals surface area contributed by atoms with E-state index in [-0.39, 0.29) is 0 Å². The number of halogens is 1. The van der Waals surface area contributed by atoms with Crippen LogP contribution in [0.3, 0.4) is 0 Å². The SMILES string of the molecule is C=CC(=Cc1cccc(Cl)c1)C1=Cc2ccccc2C(C=O)N1c1cc(C)ccn1. The fourth-order valence-corrected chi connectivity index (χ4v) is 3.90. The molecular formula is C26H21ClN2O. The topological polar surface area (TPSA) is 33.2 Å². The van der Waals surface area contributed by atoms with Crippen LogP contribution in [-0.2, 0) is 4.79 Å². The molecule has 3 nitrogen and oxygen atoms in total. The van der Waals surface area contributed by atoms with Crippen LogP contribution in [0.1, 0.15) is 28.3 Å². The van der Waals surface area contributed by atoms with Gasteiger partial charge in [-0.3, -0.25) is 0 Å². The third-order valence-electron chi connectivity index (χ3n) is 5.11. The van der Waals surface area contributed by atoms with Crippen LogP contribution in [0.2, 0.25) is 5.02 Å². The van der Waals surface area contributed by atoms with Crippen molar-refractivity contribution in [1.29, 1.82) is 0 Å². The van der Waals surface area contributed by atoms with Gasteiger partial charge in [0.1, 0.15) is 18.1 Å². The Hall–Kier alpha value is -3.43. The van der Waals surface area contributed by atoms with E-state index in [4.69, 9.17) is 11.6 Å². The van der Waals surface area contributed by atoms with Gasteiger partial charge in [-0.1, -0.05) is 60.7 Å². The summed E-state index contributed by atoms with van der Waals surface area (Å²) in [5, 5.41) is 0.665. The van der Waals surface area contributed by atoms with Gasteiger partial charge in [-0.15, -0.1) is 0 Å². The van der Waals surface area contributed by atoms with Gasteiger partial charge in [0.15, 0.2) is 0 Å². The number of carbonyl (C=O) groups is 1. The smallest absolute Gasteiger partial charge is 0.147 e. The van der Waals surface area contributed by atoms with E-state index >= 15 is 0 Å². The van der Waals surface area contributed by atoms with E-state index in [0.717, 1.165) is 39.8 Å². The van der Waals surface area contributed by atoms with Crippen LogP contribution in [0, 0.1) is 6.92 Å². The molecule has 4 rings (SSSR count). The molecule has 0 aliphatic carbocycles. The van der Waals surface area contributed by atoms with Crippen LogP contribution in [0.5, 0.6) is 0 Å². The number of nitrogens with zero attached hydrogens (tertiary/aromatic N) is 2. The molecule has 3 aromatic rings. The fraction of sp³-hybridized carbons (Fsp3) is 0.0769. The van der Waals surface area contributed by atoms with Gasteiger partial charge in [-0.25, -0.2) is 4.98 Å². The molecule has 1 aromatic heterocycles. The molecular weight excluding hydrogens is 392 g/mol. The van der Waals surface area contributed by atoms with Crippen molar-refractivity contribution < 1.29 is 4.79 Å². The van der Waals surface area contributed by atoms with E-state index in [1.165, 1.54) is 0 Å². The van der Waals surface area contributed by atoms with Gasteiger partial charge in [0.25, 0.3) is 0 Å². The molecule has 0 saturated carbocycles. The van der Waals surface area contributed by atoms with E-state index in [1.807, 2.05) is 78.6 Å². The molecule has 30 heavy (non-hydrogen) atoms. The van der Waals surface area contributed by atoms with E-state index in [0.29, 0.717) is 10.8 Å². The van der Waals surface area contributed by atoms with Crippen molar-refractivity contribution in [3.63, 3.8) is 0 Å². The van der Waals surface area contributed by atoms with Gasteiger partial charge in [0.2, 0.25) is 0 Å². The monoisotopic (exact) mass is 412 g/mol. The number of anilines is 1. The minimum absolute atomic E-state index is 0.488. The lowest BCUT2D eigenvalue weighted by molar-refractivity contribution is -0.109. The fourth-order valence-electron chi connectivity index (χ4n) is 3.71. The largest absolute Gasteiger partial charge is 0.311 e. The second-order valence-corrected chi connectivity index (χ2v) is 7.60. The molecule has 2 heterocycles. The number of aryl methyl sites for hydroxylation is 1. The van der Waals surface area contributed by atoms with Crippen molar-refractivity contribution in [2.45, 2.75) is 13.0 Å². The van der Waals surface area contributed by atoms with E-state index < -0.39 is 6.04 Å². The van der Waals surface area contributed by atoms with E-state index in [2.05, 4.69) is 17.6 Å². The van der Waals surface area contributed by atoms with Gasteiger partial charge in [-0.2, -0.15) is 0 Å². The first kappa shape index (κ1) is 19.9. The number of hydrogen-bond donors (Lipinski definition) is 0. The summed E-state index contributed by atoms with van der Waals surface area (Å²) in [5.41, 5.74) is 5.72. The molecule has 1 atom stereocenters. The Bertz CT molecular complexity index is 1180. The number of allylic oxidation sites excluding steroid dienone is 1. The second kappa shape index (κ2) is 8.52. The zero-order valence-corrected chi connectivity index (χ0v) is 17.4. The standard InChI is InChI=1S/C26H21ClN2O/c1-3-20(14-19-7-6-9-22(27)15-19)24-16-21-8-4-5-10-23(21)25(17-30)29(24)26-13-18(2)11-12-28-26/h3-17,25H,1H2,2H3. The van der Waals surface area contributed by atoms with Gasteiger partial charge in [-0.05, 0) is 71.2 Å². The summed E-state index contributed by atoms with van der Waals surface area (Å²) < 4.78 is 0. The predicted molar refractivity (Wildman–Crippen MR) is 124 cm³/mol. The summed E-state index contributed by atoms with van der Waals surface area (Å²) in [4.78, 5) is 18.8. The Labute approximate surface area is 181 Å². The molecule has 1 unspecified atom stereocenters. The Kier molecular flexibility index (Phi) is 5.64. The average Bonchev–Trinajstić information content (AvgIpc) is 2.76. The maximum Gasteiger partial charge on any atom is 0.147 e. The predicted octanol–water partition coefficient (Wildman–Crippen LogP) is 6.41. The first-order chi connectivity index (χ1) is 14.6. The third kappa shape index (κ3) is 3.85. The number of fused-ring (bicyclic) bond motifs is 1. The van der Waals surface area contributed by atoms with Crippen molar-refractivity contribution in [1.82, 2.24) is 4.98 Å². The Balaban J connectivity index is 1.94. The first-order valence-corrected chi connectivity index (χ1v) is 10.1. The lowest BCUT2D eigenvalue weighted by atomic mass is 9.91. The second-order valence-electron chi connectivity index (χ2n) is 7.16. The number of aldehydes is 1. The van der Waals surface area contributed by atoms with Crippen molar-refractivity contribution in [2.75, 3.05) is 4.90 Å². The number of carbonyl (C=O) groups excluding carboxylic acids is 1. The Morgan fingerprint density at radius 2 is 1.97 bits per heavy atom. The highest BCUT2D eigenvalue weighted by Gasteiger charge is 2.31. The molecule has 0 fully saturated rings. The van der Waals surface area contributed by atoms with Gasteiger partial charge in [0.05, 0.1) is 5.70 Å². The maximum absolute atomic E-state index is 12.3. The van der Waals surface area contributed by atoms with Crippen molar-refractivity contribution in [2.24, 2.45) is 0 Å². The number of hydrogen-bond acceptors (Lipinski definition) is 3. The Morgan fingerprint density at radius 1 is 1.13 bits per heavy atom. The molecule has 4 heteroatoms. The van der Waals surface area contributed by atoms with Gasteiger partial charge in [0, 0.05) is 11.2 Å². The molecule has 0 radical (unpaired) electrons. The minimum Gasteiger partial charge on any atom is -0.311 e. The summed E-state index contributed by atoms with van der Waals surface area (Å²) in [6, 6.07) is 19.0. The number of pyridine rings is 1. The van der Waals surface area contributed by atoms with Gasteiger partial charge >= 0.3 is 0 Å². The molecule has 0 saturated heterocycles. The number of rotatable bonds is 5. The molecule has 0 spiro atoms. The van der Waals surface area contributed by atoms with Crippen LogP contribution >= 0.6 is 11.6 Å². The molecule has 2 aromatic carbocycles. The van der Waals surface area contributed by atoms with Crippen molar-refractivity contribution in [3.8, 4) is 0 Å². The summed E-state index contributed by atoms with van der Waals surface area (Å²) in [6.45, 7) is 6.04. The molecule has 0 amide bonds. The minimum atomic E-state index is -0.488. The van der Waals surface area contributed by atoms with Gasteiger partial charge < -0.3 is 9.69 Å². The quantitative estimate of drug-likeness (QED) is 0.358. The lowest BCUT2D eigenvalue weighted by Gasteiger charge is -2.36. The van der Waals surface area contributed by atoms with Crippen LogP contribution in [0.4, 0.5) is 5.82 Å². The molecule has 148 valence electrons. The summed E-state index contributed by atoms with van der Waals surface area (Å²) in [5.74, 6) is 0.715. The summed E-state index contributed by atoms with van der Waals surface area (Å²) >= 11 is 6.18.